The van der Waals surface area contributed by atoms with Crippen LogP contribution in [0.25, 0.3) is 0 Å². The molecule has 1 aromatic heterocycles. The van der Waals surface area contributed by atoms with Crippen LogP contribution in [-0.4, -0.2) is 17.7 Å². The summed E-state index contributed by atoms with van der Waals surface area (Å²) in [4.78, 5) is 10.7. The fourth-order valence-corrected chi connectivity index (χ4v) is 1.36. The molecule has 0 unspecified atom stereocenters. The molecule has 62 valence electrons. The summed E-state index contributed by atoms with van der Waals surface area (Å²) in [7, 11) is 0. The monoisotopic (exact) mass is 182 g/mol. The molecule has 0 aliphatic heterocycles. The SMILES string of the molecule is C#CCOc1ccsc1C(=O)O. The maximum absolute atomic E-state index is 10.5. The van der Waals surface area contributed by atoms with Crippen molar-refractivity contribution in [1.29, 1.82) is 0 Å². The summed E-state index contributed by atoms with van der Waals surface area (Å²) in [6.45, 7) is 0.0943. The number of ether oxygens (including phenoxy) is 1. The molecular formula is C8H6O3S. The van der Waals surface area contributed by atoms with E-state index in [0.717, 1.165) is 11.3 Å². The summed E-state index contributed by atoms with van der Waals surface area (Å²) >= 11 is 1.11. The molecule has 0 fully saturated rings. The molecule has 0 aromatic carbocycles. The van der Waals surface area contributed by atoms with Gasteiger partial charge in [-0.25, -0.2) is 4.79 Å². The molecule has 1 rings (SSSR count). The highest BCUT2D eigenvalue weighted by Gasteiger charge is 2.11. The molecule has 0 bridgehead atoms. The van der Waals surface area contributed by atoms with Gasteiger partial charge in [-0.2, -0.15) is 0 Å². The molecule has 1 aromatic rings. The van der Waals surface area contributed by atoms with E-state index in [1.165, 1.54) is 0 Å². The van der Waals surface area contributed by atoms with Crippen molar-refractivity contribution >= 4 is 17.3 Å². The van der Waals surface area contributed by atoms with Crippen LogP contribution in [0.4, 0.5) is 0 Å². The van der Waals surface area contributed by atoms with Crippen LogP contribution in [0.1, 0.15) is 9.67 Å². The molecule has 1 heterocycles. The summed E-state index contributed by atoms with van der Waals surface area (Å²) in [5.74, 6) is 1.61. The maximum atomic E-state index is 10.5. The molecular weight excluding hydrogens is 176 g/mol. The lowest BCUT2D eigenvalue weighted by Crippen LogP contribution is -1.99. The molecule has 0 spiro atoms. The van der Waals surface area contributed by atoms with E-state index in [9.17, 15) is 4.79 Å². The van der Waals surface area contributed by atoms with Crippen molar-refractivity contribution in [3.8, 4) is 18.1 Å². The molecule has 0 saturated carbocycles. The van der Waals surface area contributed by atoms with Crippen molar-refractivity contribution in [3.05, 3.63) is 16.3 Å². The molecule has 0 aliphatic carbocycles. The second kappa shape index (κ2) is 3.79. The first kappa shape index (κ1) is 8.62. The van der Waals surface area contributed by atoms with Gasteiger partial charge in [0.15, 0.2) is 4.88 Å². The van der Waals surface area contributed by atoms with Crippen LogP contribution in [0.5, 0.6) is 5.75 Å². The largest absolute Gasteiger partial charge is 0.479 e. The maximum Gasteiger partial charge on any atom is 0.349 e. The number of thiophene rings is 1. The average Bonchev–Trinajstić information content (AvgIpc) is 2.48. The van der Waals surface area contributed by atoms with Crippen molar-refractivity contribution in [2.24, 2.45) is 0 Å². The highest BCUT2D eigenvalue weighted by molar-refractivity contribution is 7.12. The van der Waals surface area contributed by atoms with Gasteiger partial charge in [0.25, 0.3) is 0 Å². The first-order valence-electron chi connectivity index (χ1n) is 3.12. The Morgan fingerprint density at radius 3 is 3.17 bits per heavy atom. The fraction of sp³-hybridized carbons (Fsp3) is 0.125. The van der Waals surface area contributed by atoms with Crippen LogP contribution >= 0.6 is 11.3 Å². The molecule has 12 heavy (non-hydrogen) atoms. The second-order valence-electron chi connectivity index (χ2n) is 1.91. The van der Waals surface area contributed by atoms with Gasteiger partial charge < -0.3 is 9.84 Å². The van der Waals surface area contributed by atoms with Crippen LogP contribution in [-0.2, 0) is 0 Å². The van der Waals surface area contributed by atoms with E-state index in [4.69, 9.17) is 16.3 Å². The van der Waals surface area contributed by atoms with Crippen LogP contribution in [0.15, 0.2) is 11.4 Å². The minimum atomic E-state index is -0.989. The van der Waals surface area contributed by atoms with E-state index in [1.54, 1.807) is 11.4 Å². The highest BCUT2D eigenvalue weighted by Crippen LogP contribution is 2.24. The quantitative estimate of drug-likeness (QED) is 0.720. The lowest BCUT2D eigenvalue weighted by Gasteiger charge is -1.98. The van der Waals surface area contributed by atoms with Crippen LogP contribution in [0.3, 0.4) is 0 Å². The Morgan fingerprint density at radius 2 is 2.58 bits per heavy atom. The van der Waals surface area contributed by atoms with Crippen molar-refractivity contribution in [1.82, 2.24) is 0 Å². The minimum Gasteiger partial charge on any atom is -0.479 e. The van der Waals surface area contributed by atoms with E-state index in [1.807, 2.05) is 0 Å². The third kappa shape index (κ3) is 1.77. The minimum absolute atomic E-state index is 0.0943. The highest BCUT2D eigenvalue weighted by atomic mass is 32.1. The van der Waals surface area contributed by atoms with Crippen molar-refractivity contribution in [3.63, 3.8) is 0 Å². The van der Waals surface area contributed by atoms with Gasteiger partial charge in [0, 0.05) is 0 Å². The Kier molecular flexibility index (Phi) is 2.72. The Balaban J connectivity index is 2.79. The smallest absolute Gasteiger partial charge is 0.349 e. The predicted molar refractivity (Wildman–Crippen MR) is 45.6 cm³/mol. The molecule has 1 N–H and O–H groups in total. The molecule has 3 nitrogen and oxygen atoms in total. The summed E-state index contributed by atoms with van der Waals surface area (Å²) < 4.78 is 4.98. The van der Waals surface area contributed by atoms with Gasteiger partial charge >= 0.3 is 5.97 Å². The summed E-state index contributed by atoms with van der Waals surface area (Å²) in [6, 6.07) is 1.59. The Morgan fingerprint density at radius 1 is 1.83 bits per heavy atom. The van der Waals surface area contributed by atoms with Gasteiger partial charge in [-0.05, 0) is 11.4 Å². The average molecular weight is 182 g/mol. The summed E-state index contributed by atoms with van der Waals surface area (Å²) in [5.41, 5.74) is 0. The van der Waals surface area contributed by atoms with Gasteiger partial charge in [-0.3, -0.25) is 0 Å². The number of terminal acetylenes is 1. The third-order valence-electron chi connectivity index (χ3n) is 1.13. The Labute approximate surface area is 73.6 Å². The molecule has 0 saturated heterocycles. The van der Waals surface area contributed by atoms with Crippen LogP contribution < -0.4 is 4.74 Å². The van der Waals surface area contributed by atoms with E-state index in [0.29, 0.717) is 5.75 Å². The van der Waals surface area contributed by atoms with Gasteiger partial charge in [0.2, 0.25) is 0 Å². The molecule has 0 atom stereocenters. The number of hydrogen-bond acceptors (Lipinski definition) is 3. The first-order chi connectivity index (χ1) is 5.75. The molecule has 0 radical (unpaired) electrons. The molecule has 0 aliphatic rings. The second-order valence-corrected chi connectivity index (χ2v) is 2.83. The normalized spacial score (nSPS) is 8.92. The van der Waals surface area contributed by atoms with Crippen molar-refractivity contribution in [2.75, 3.05) is 6.61 Å². The van der Waals surface area contributed by atoms with Gasteiger partial charge in [-0.1, -0.05) is 5.92 Å². The zero-order chi connectivity index (χ0) is 8.97. The Hall–Kier alpha value is -1.47. The molecule has 4 heteroatoms. The van der Waals surface area contributed by atoms with Gasteiger partial charge in [0.1, 0.15) is 12.4 Å². The lowest BCUT2D eigenvalue weighted by molar-refractivity contribution is 0.0698. The van der Waals surface area contributed by atoms with Gasteiger partial charge in [0.05, 0.1) is 0 Å². The standard InChI is InChI=1S/C8H6O3S/c1-2-4-11-6-3-5-12-7(6)8(9)10/h1,3,5H,4H2,(H,9,10). The number of carboxylic acids is 1. The van der Waals surface area contributed by atoms with E-state index in [-0.39, 0.29) is 11.5 Å². The van der Waals surface area contributed by atoms with Crippen LogP contribution in [0.2, 0.25) is 0 Å². The fourth-order valence-electron chi connectivity index (χ4n) is 0.687. The van der Waals surface area contributed by atoms with E-state index >= 15 is 0 Å². The molecule has 0 amide bonds. The summed E-state index contributed by atoms with van der Waals surface area (Å²) in [5, 5.41) is 10.3. The van der Waals surface area contributed by atoms with Crippen molar-refractivity contribution in [2.45, 2.75) is 0 Å². The van der Waals surface area contributed by atoms with E-state index in [2.05, 4.69) is 5.92 Å². The third-order valence-corrected chi connectivity index (χ3v) is 2.02. The zero-order valence-corrected chi connectivity index (χ0v) is 6.93. The summed E-state index contributed by atoms with van der Waals surface area (Å²) in [6.07, 6.45) is 4.95. The topological polar surface area (TPSA) is 46.5 Å². The predicted octanol–water partition coefficient (Wildman–Crippen LogP) is 1.46. The zero-order valence-electron chi connectivity index (χ0n) is 6.11. The van der Waals surface area contributed by atoms with Crippen molar-refractivity contribution < 1.29 is 14.6 Å². The number of rotatable bonds is 3. The lowest BCUT2D eigenvalue weighted by atomic mass is 10.4. The first-order valence-corrected chi connectivity index (χ1v) is 4.00. The van der Waals surface area contributed by atoms with Crippen LogP contribution in [0, 0.1) is 12.3 Å². The van der Waals surface area contributed by atoms with E-state index < -0.39 is 5.97 Å². The van der Waals surface area contributed by atoms with Gasteiger partial charge in [-0.15, -0.1) is 17.8 Å². The number of hydrogen-bond donors (Lipinski definition) is 1. The number of aromatic carboxylic acids is 1. The Bertz CT molecular complexity index is 321. The number of carbonyl (C=O) groups is 1. The number of carboxylic acid groups (broad SMARTS) is 1.